The molecule has 0 spiro atoms. The van der Waals surface area contributed by atoms with Crippen molar-refractivity contribution in [2.45, 2.75) is 96.2 Å². The van der Waals surface area contributed by atoms with Gasteiger partial charge in [-0.15, -0.1) is 0 Å². The Bertz CT molecular complexity index is 2730. The van der Waals surface area contributed by atoms with Gasteiger partial charge in [-0.2, -0.15) is 0 Å². The fourth-order valence-corrected chi connectivity index (χ4v) is 9.65. The van der Waals surface area contributed by atoms with Gasteiger partial charge in [0.1, 0.15) is 36.1 Å². The third-order valence-corrected chi connectivity index (χ3v) is 13.0. The van der Waals surface area contributed by atoms with E-state index in [9.17, 15) is 19.2 Å². The summed E-state index contributed by atoms with van der Waals surface area (Å²) in [5, 5.41) is 7.43. The number of hydrogen-bond acceptors (Lipinski definition) is 9. The number of amides is 4. The number of H-pyrrole nitrogens is 2. The number of benzene rings is 4. The molecule has 4 aromatic carbocycles. The zero-order valence-electron chi connectivity index (χ0n) is 36.2. The van der Waals surface area contributed by atoms with Gasteiger partial charge in [0, 0.05) is 23.0 Å². The van der Waals surface area contributed by atoms with Gasteiger partial charge in [-0.25, -0.2) is 19.6 Å². The second-order valence-corrected chi connectivity index (χ2v) is 17.2. The lowest BCUT2D eigenvalue weighted by molar-refractivity contribution is -0.137. The molecule has 6 aromatic rings. The summed E-state index contributed by atoms with van der Waals surface area (Å²) < 4.78 is 16.1. The summed E-state index contributed by atoms with van der Waals surface area (Å²) in [4.78, 5) is 73.4. The van der Waals surface area contributed by atoms with Gasteiger partial charge in [0.2, 0.25) is 5.91 Å². The van der Waals surface area contributed by atoms with Crippen LogP contribution in [-0.2, 0) is 25.7 Å². The molecule has 2 fully saturated rings. The standard InChI is InChI=1S/C48H52N8O7/c1-25(2)40(53-47(59)61-5)45(57)56-27(4)13-19-38(56)44-50-35-17-15-29-21-34-32-16-14-30(20-31(32)24-63-39(34)22-33(29)42(35)52-44)36-23-49-43(51-36)37-18-12-26(3)55(37)46(58)41(54-48(60)62-6)28-10-8-7-9-11-28/h7-11,14-17,20-23,25-27,37-38,40-41H,12-13,18-19,24H2,1-6H3,(H,49,51)(H,50,52)(H,53,59)(H,54,60)/t26-,27-,37-,38-,40-,41+/m0/s1. The number of likely N-dealkylation sites (tertiary alicyclic amines) is 2. The number of aromatic nitrogens is 4. The Morgan fingerprint density at radius 3 is 2.19 bits per heavy atom. The Morgan fingerprint density at radius 2 is 1.48 bits per heavy atom. The van der Waals surface area contributed by atoms with Crippen LogP contribution in [0.25, 0.3) is 44.2 Å². The van der Waals surface area contributed by atoms with Crippen molar-refractivity contribution in [1.29, 1.82) is 0 Å². The van der Waals surface area contributed by atoms with E-state index >= 15 is 0 Å². The number of rotatable bonds is 9. The second-order valence-electron chi connectivity index (χ2n) is 17.2. The van der Waals surface area contributed by atoms with Gasteiger partial charge in [0.05, 0.1) is 49.2 Å². The number of hydrogen-bond donors (Lipinski definition) is 4. The van der Waals surface area contributed by atoms with E-state index in [0.29, 0.717) is 23.8 Å². The predicted octanol–water partition coefficient (Wildman–Crippen LogP) is 8.25. The van der Waals surface area contributed by atoms with Crippen molar-refractivity contribution in [3.63, 3.8) is 0 Å². The molecule has 63 heavy (non-hydrogen) atoms. The molecule has 6 atom stereocenters. The molecule has 5 heterocycles. The Kier molecular flexibility index (Phi) is 11.0. The first kappa shape index (κ1) is 41.5. The zero-order valence-corrected chi connectivity index (χ0v) is 36.2. The number of fused-ring (bicyclic) bond motifs is 6. The van der Waals surface area contributed by atoms with Crippen LogP contribution in [0.1, 0.15) is 94.3 Å². The summed E-state index contributed by atoms with van der Waals surface area (Å²) in [6.07, 6.45) is 3.57. The molecular formula is C48H52N8O7. The predicted molar refractivity (Wildman–Crippen MR) is 236 cm³/mol. The molecule has 2 saturated heterocycles. The topological polar surface area (TPSA) is 184 Å². The Morgan fingerprint density at radius 1 is 0.778 bits per heavy atom. The molecule has 4 amide bonds. The van der Waals surface area contributed by atoms with Crippen molar-refractivity contribution in [3.8, 4) is 28.1 Å². The lowest BCUT2D eigenvalue weighted by Gasteiger charge is -2.32. The van der Waals surface area contributed by atoms with Crippen molar-refractivity contribution in [3.05, 3.63) is 102 Å². The maximum Gasteiger partial charge on any atom is 0.407 e. The fourth-order valence-electron chi connectivity index (χ4n) is 9.65. The maximum absolute atomic E-state index is 14.2. The molecular weight excluding hydrogens is 801 g/mol. The van der Waals surface area contributed by atoms with E-state index < -0.39 is 24.3 Å². The van der Waals surface area contributed by atoms with E-state index in [-0.39, 0.29) is 41.9 Å². The van der Waals surface area contributed by atoms with Crippen molar-refractivity contribution in [2.75, 3.05) is 14.2 Å². The summed E-state index contributed by atoms with van der Waals surface area (Å²) in [5.74, 6) is 1.64. The number of nitrogens with zero attached hydrogens (tertiary/aromatic N) is 4. The van der Waals surface area contributed by atoms with Gasteiger partial charge in [-0.3, -0.25) is 9.59 Å². The van der Waals surface area contributed by atoms with Crippen LogP contribution >= 0.6 is 0 Å². The SMILES string of the molecule is COC(=O)N[C@H](C(=O)N1[C@@H](C)CC[C@H]1c1nc2c(ccc3cc4c(cc32)OCc2cc(-c3cnc([C@@H]5CC[C@H](C)N5C(=O)[C@H](NC(=O)OC)c5ccccc5)[nH]3)ccc2-4)[nH]1)C(C)C. The smallest absolute Gasteiger partial charge is 0.407 e. The number of carbonyl (C=O) groups excluding carboxylic acids is 4. The molecule has 0 bridgehead atoms. The van der Waals surface area contributed by atoms with Crippen molar-refractivity contribution >= 4 is 45.8 Å². The zero-order chi connectivity index (χ0) is 44.1. The molecule has 0 unspecified atom stereocenters. The molecule has 3 aliphatic heterocycles. The van der Waals surface area contributed by atoms with Gasteiger partial charge >= 0.3 is 12.2 Å². The van der Waals surface area contributed by atoms with E-state index in [1.165, 1.54) is 14.2 Å². The minimum absolute atomic E-state index is 0.0296. The maximum atomic E-state index is 14.2. The number of methoxy groups -OCH3 is 2. The number of alkyl carbamates (subject to hydrolysis) is 2. The van der Waals surface area contributed by atoms with Crippen LogP contribution in [0.15, 0.2) is 79.0 Å². The minimum Gasteiger partial charge on any atom is -0.488 e. The third kappa shape index (κ3) is 7.59. The first-order valence-electron chi connectivity index (χ1n) is 21.6. The molecule has 326 valence electrons. The van der Waals surface area contributed by atoms with Crippen molar-refractivity contribution in [1.82, 2.24) is 40.4 Å². The third-order valence-electron chi connectivity index (χ3n) is 13.0. The summed E-state index contributed by atoms with van der Waals surface area (Å²) in [6.45, 7) is 8.24. The minimum atomic E-state index is -0.912. The monoisotopic (exact) mass is 852 g/mol. The van der Waals surface area contributed by atoms with Crippen LogP contribution in [0, 0.1) is 5.92 Å². The molecule has 9 rings (SSSR count). The van der Waals surface area contributed by atoms with Crippen LogP contribution < -0.4 is 15.4 Å². The highest BCUT2D eigenvalue weighted by Gasteiger charge is 2.42. The van der Waals surface area contributed by atoms with Crippen molar-refractivity contribution in [2.24, 2.45) is 5.92 Å². The number of aromatic amines is 2. The summed E-state index contributed by atoms with van der Waals surface area (Å²) in [7, 11) is 2.58. The molecule has 0 radical (unpaired) electrons. The molecule has 0 aliphatic carbocycles. The van der Waals surface area contributed by atoms with E-state index in [0.717, 1.165) is 81.2 Å². The Labute approximate surface area is 364 Å². The van der Waals surface area contributed by atoms with Gasteiger partial charge in [0.15, 0.2) is 0 Å². The molecule has 0 saturated carbocycles. The highest BCUT2D eigenvalue weighted by atomic mass is 16.5. The first-order chi connectivity index (χ1) is 30.4. The summed E-state index contributed by atoms with van der Waals surface area (Å²) in [6, 6.07) is 21.5. The van der Waals surface area contributed by atoms with Gasteiger partial charge < -0.3 is 44.6 Å². The van der Waals surface area contributed by atoms with E-state index in [2.05, 4.69) is 57.0 Å². The van der Waals surface area contributed by atoms with Crippen LogP contribution in [0.3, 0.4) is 0 Å². The molecule has 4 N–H and O–H groups in total. The van der Waals surface area contributed by atoms with Gasteiger partial charge in [0.25, 0.3) is 5.91 Å². The summed E-state index contributed by atoms with van der Waals surface area (Å²) in [5.41, 5.74) is 7.20. The normalized spacial score (nSPS) is 20.2. The molecule has 15 nitrogen and oxygen atoms in total. The molecule has 15 heteroatoms. The number of imidazole rings is 2. The van der Waals surface area contributed by atoms with Gasteiger partial charge in [-0.1, -0.05) is 62.4 Å². The van der Waals surface area contributed by atoms with Crippen molar-refractivity contribution < 1.29 is 33.4 Å². The first-order valence-corrected chi connectivity index (χ1v) is 21.6. The van der Waals surface area contributed by atoms with E-state index in [1.807, 2.05) is 80.1 Å². The second kappa shape index (κ2) is 16.8. The van der Waals surface area contributed by atoms with Crippen LogP contribution in [0.4, 0.5) is 9.59 Å². The lowest BCUT2D eigenvalue weighted by Crippen LogP contribution is -2.52. The van der Waals surface area contributed by atoms with E-state index in [4.69, 9.17) is 24.2 Å². The highest BCUT2D eigenvalue weighted by molar-refractivity contribution is 6.07. The lowest BCUT2D eigenvalue weighted by atomic mass is 9.92. The average molecular weight is 853 g/mol. The van der Waals surface area contributed by atoms with E-state index in [1.54, 1.807) is 0 Å². The Hall–Kier alpha value is -6.90. The largest absolute Gasteiger partial charge is 0.488 e. The fraction of sp³-hybridized carbons (Fsp3) is 0.375. The Balaban J connectivity index is 0.968. The number of carbonyl (C=O) groups is 4. The molecule has 2 aromatic heterocycles. The van der Waals surface area contributed by atoms with Crippen LogP contribution in [0.2, 0.25) is 0 Å². The number of nitrogens with one attached hydrogen (secondary N) is 4. The van der Waals surface area contributed by atoms with Crippen LogP contribution in [0.5, 0.6) is 5.75 Å². The number of ether oxygens (including phenoxy) is 3. The molecule has 3 aliphatic rings. The highest BCUT2D eigenvalue weighted by Crippen LogP contribution is 2.44. The van der Waals surface area contributed by atoms with Crippen LogP contribution in [-0.4, -0.2) is 86.1 Å². The van der Waals surface area contributed by atoms with Gasteiger partial charge in [-0.05, 0) is 97.4 Å². The quantitative estimate of drug-likeness (QED) is 0.111. The summed E-state index contributed by atoms with van der Waals surface area (Å²) >= 11 is 0. The average Bonchev–Trinajstić information content (AvgIpc) is 4.12.